The van der Waals surface area contributed by atoms with Crippen LogP contribution in [0.4, 0.5) is 0 Å². The fourth-order valence-electron chi connectivity index (χ4n) is 3.65. The van der Waals surface area contributed by atoms with E-state index < -0.39 is 12.1 Å². The van der Waals surface area contributed by atoms with Gasteiger partial charge in [0.05, 0.1) is 12.3 Å². The average Bonchev–Trinajstić information content (AvgIpc) is 3.22. The smallest absolute Gasteiger partial charge is 0.303 e. The second-order valence-electron chi connectivity index (χ2n) is 8.52. The van der Waals surface area contributed by atoms with E-state index in [-0.39, 0.29) is 12.2 Å². The lowest BCUT2D eigenvalue weighted by Crippen LogP contribution is -2.23. The van der Waals surface area contributed by atoms with E-state index in [0.717, 1.165) is 42.0 Å². The lowest BCUT2D eigenvalue weighted by Gasteiger charge is -2.13. The van der Waals surface area contributed by atoms with Gasteiger partial charge in [0.2, 0.25) is 5.78 Å². The number of carbonyl (C=O) groups is 2. The molecule has 0 aliphatic heterocycles. The van der Waals surface area contributed by atoms with E-state index in [1.54, 1.807) is 19.1 Å². The quantitative estimate of drug-likeness (QED) is 0.197. The molecule has 1 heterocycles. The summed E-state index contributed by atoms with van der Waals surface area (Å²) < 4.78 is 11.7. The molecule has 3 aromatic rings. The SMILES string of the molecule is Cc1nc(C(=O)C(C)Oc2ccc(OCCCCCc3ccccc3)cc2)sc1CCCC(=O)O. The Hall–Kier alpha value is -3.19. The minimum absolute atomic E-state index is 0.105. The van der Waals surface area contributed by atoms with E-state index in [0.29, 0.717) is 30.2 Å². The molecule has 0 bridgehead atoms. The highest BCUT2D eigenvalue weighted by Gasteiger charge is 2.22. The molecule has 7 heteroatoms. The van der Waals surface area contributed by atoms with Crippen LogP contribution >= 0.6 is 11.3 Å². The van der Waals surface area contributed by atoms with Crippen molar-refractivity contribution in [2.75, 3.05) is 6.61 Å². The number of hydrogen-bond acceptors (Lipinski definition) is 6. The Morgan fingerprint density at radius 2 is 1.66 bits per heavy atom. The third-order valence-corrected chi connectivity index (χ3v) is 6.86. The van der Waals surface area contributed by atoms with Crippen LogP contribution < -0.4 is 9.47 Å². The fraction of sp³-hybridized carbons (Fsp3) is 0.393. The molecule has 0 saturated heterocycles. The topological polar surface area (TPSA) is 85.7 Å². The summed E-state index contributed by atoms with van der Waals surface area (Å²) in [5.41, 5.74) is 2.15. The van der Waals surface area contributed by atoms with Gasteiger partial charge in [-0.05, 0) is 82.2 Å². The van der Waals surface area contributed by atoms with Crippen molar-refractivity contribution in [3.8, 4) is 11.5 Å². The minimum atomic E-state index is -0.819. The first-order valence-electron chi connectivity index (χ1n) is 12.1. The van der Waals surface area contributed by atoms with Gasteiger partial charge < -0.3 is 14.6 Å². The third kappa shape index (κ3) is 8.83. The molecule has 0 aliphatic rings. The number of nitrogens with zero attached hydrogens (tertiary/aromatic N) is 1. The lowest BCUT2D eigenvalue weighted by atomic mass is 10.1. The maximum Gasteiger partial charge on any atom is 0.303 e. The number of ether oxygens (including phenoxy) is 2. The van der Waals surface area contributed by atoms with Gasteiger partial charge in [-0.2, -0.15) is 0 Å². The second-order valence-corrected chi connectivity index (χ2v) is 9.60. The van der Waals surface area contributed by atoms with E-state index >= 15 is 0 Å². The third-order valence-electron chi connectivity index (χ3n) is 5.63. The molecule has 0 spiro atoms. The van der Waals surface area contributed by atoms with Gasteiger partial charge >= 0.3 is 5.97 Å². The number of Topliss-reactive ketones (excluding diaryl/α,β-unsaturated/α-hetero) is 1. The highest BCUT2D eigenvalue weighted by atomic mass is 32.1. The van der Waals surface area contributed by atoms with E-state index in [4.69, 9.17) is 14.6 Å². The van der Waals surface area contributed by atoms with Crippen LogP contribution in [-0.2, 0) is 17.6 Å². The second kappa shape index (κ2) is 13.6. The molecule has 1 atom stereocenters. The fourth-order valence-corrected chi connectivity index (χ4v) is 4.78. The summed E-state index contributed by atoms with van der Waals surface area (Å²) in [5, 5.41) is 9.20. The number of aromatic nitrogens is 1. The standard InChI is InChI=1S/C28H33NO5S/c1-20-25(13-9-14-26(30)31)35-28(29-20)27(32)21(2)34-24-17-15-23(16-18-24)33-19-8-4-7-12-22-10-5-3-6-11-22/h3,5-6,10-11,15-18,21H,4,7-9,12-14,19H2,1-2H3,(H,30,31). The van der Waals surface area contributed by atoms with E-state index in [2.05, 4.69) is 29.2 Å². The summed E-state index contributed by atoms with van der Waals surface area (Å²) in [4.78, 5) is 28.8. The number of carboxylic acid groups (broad SMARTS) is 1. The van der Waals surface area contributed by atoms with Gasteiger partial charge in [-0.25, -0.2) is 4.98 Å². The summed E-state index contributed by atoms with van der Waals surface area (Å²) >= 11 is 1.32. The Morgan fingerprint density at radius 1 is 0.943 bits per heavy atom. The van der Waals surface area contributed by atoms with Crippen LogP contribution in [0.15, 0.2) is 54.6 Å². The molecule has 0 saturated carbocycles. The summed E-state index contributed by atoms with van der Waals surface area (Å²) in [6.07, 6.45) is 4.92. The van der Waals surface area contributed by atoms with Crippen molar-refractivity contribution in [2.45, 2.75) is 64.9 Å². The molecule has 6 nitrogen and oxygen atoms in total. The molecular weight excluding hydrogens is 462 g/mol. The van der Waals surface area contributed by atoms with Crippen LogP contribution in [0.25, 0.3) is 0 Å². The molecule has 3 rings (SSSR count). The van der Waals surface area contributed by atoms with Crippen LogP contribution in [-0.4, -0.2) is 34.6 Å². The number of rotatable bonds is 15. The predicted molar refractivity (Wildman–Crippen MR) is 138 cm³/mol. The van der Waals surface area contributed by atoms with Gasteiger partial charge in [-0.3, -0.25) is 9.59 Å². The van der Waals surface area contributed by atoms with Crippen molar-refractivity contribution in [2.24, 2.45) is 0 Å². The molecule has 1 N–H and O–H groups in total. The molecule has 2 aromatic carbocycles. The van der Waals surface area contributed by atoms with Crippen LogP contribution in [0, 0.1) is 6.92 Å². The molecule has 1 aromatic heterocycles. The molecular formula is C28H33NO5S. The van der Waals surface area contributed by atoms with Crippen molar-refractivity contribution in [3.05, 3.63) is 75.7 Å². The Labute approximate surface area is 210 Å². The van der Waals surface area contributed by atoms with Gasteiger partial charge in [0.1, 0.15) is 11.5 Å². The first-order valence-corrected chi connectivity index (χ1v) is 12.9. The molecule has 1 unspecified atom stereocenters. The van der Waals surface area contributed by atoms with E-state index in [9.17, 15) is 9.59 Å². The molecule has 0 fully saturated rings. The highest BCUT2D eigenvalue weighted by molar-refractivity contribution is 7.13. The normalized spacial score (nSPS) is 11.7. The summed E-state index contributed by atoms with van der Waals surface area (Å²) in [7, 11) is 0. The van der Waals surface area contributed by atoms with Gasteiger partial charge in [0.25, 0.3) is 0 Å². The van der Waals surface area contributed by atoms with Gasteiger partial charge in [0, 0.05) is 11.3 Å². The van der Waals surface area contributed by atoms with Crippen LogP contribution in [0.1, 0.15) is 65.0 Å². The number of carboxylic acids is 1. The Balaban J connectivity index is 1.39. The summed E-state index contributed by atoms with van der Waals surface area (Å²) in [6.45, 7) is 4.22. The number of thiazole rings is 1. The number of hydrogen-bond donors (Lipinski definition) is 1. The van der Waals surface area contributed by atoms with Gasteiger partial charge in [-0.15, -0.1) is 11.3 Å². The van der Waals surface area contributed by atoms with Crippen molar-refractivity contribution >= 4 is 23.1 Å². The highest BCUT2D eigenvalue weighted by Crippen LogP contribution is 2.24. The summed E-state index contributed by atoms with van der Waals surface area (Å²) in [6, 6.07) is 17.8. The van der Waals surface area contributed by atoms with Crippen LogP contribution in [0.5, 0.6) is 11.5 Å². The van der Waals surface area contributed by atoms with Crippen LogP contribution in [0.2, 0.25) is 0 Å². The molecule has 0 radical (unpaired) electrons. The number of carbonyl (C=O) groups excluding carboxylic acids is 1. The zero-order valence-electron chi connectivity index (χ0n) is 20.4. The zero-order valence-corrected chi connectivity index (χ0v) is 21.2. The molecule has 186 valence electrons. The maximum absolute atomic E-state index is 12.8. The largest absolute Gasteiger partial charge is 0.494 e. The maximum atomic E-state index is 12.8. The molecule has 35 heavy (non-hydrogen) atoms. The van der Waals surface area contributed by atoms with Crippen molar-refractivity contribution in [1.29, 1.82) is 0 Å². The lowest BCUT2D eigenvalue weighted by molar-refractivity contribution is -0.137. The number of benzene rings is 2. The Bertz CT molecular complexity index is 1080. The molecule has 0 amide bonds. The Kier molecular flexibility index (Phi) is 10.3. The molecule has 0 aliphatic carbocycles. The summed E-state index contributed by atoms with van der Waals surface area (Å²) in [5.74, 6) is 0.371. The van der Waals surface area contributed by atoms with Crippen LogP contribution in [0.3, 0.4) is 0 Å². The van der Waals surface area contributed by atoms with Crippen molar-refractivity contribution in [1.82, 2.24) is 4.98 Å². The van der Waals surface area contributed by atoms with E-state index in [1.165, 1.54) is 16.9 Å². The predicted octanol–water partition coefficient (Wildman–Crippen LogP) is 6.30. The van der Waals surface area contributed by atoms with Gasteiger partial charge in [0.15, 0.2) is 11.1 Å². The number of aryl methyl sites for hydroxylation is 3. The number of aliphatic carboxylic acids is 1. The van der Waals surface area contributed by atoms with Gasteiger partial charge in [-0.1, -0.05) is 30.3 Å². The first kappa shape index (κ1) is 26.4. The van der Waals surface area contributed by atoms with Crippen molar-refractivity contribution in [3.63, 3.8) is 0 Å². The number of ketones is 1. The number of unbranched alkanes of at least 4 members (excludes halogenated alkanes) is 2. The average molecular weight is 496 g/mol. The monoisotopic (exact) mass is 495 g/mol. The van der Waals surface area contributed by atoms with Crippen molar-refractivity contribution < 1.29 is 24.2 Å². The Morgan fingerprint density at radius 3 is 2.37 bits per heavy atom. The van der Waals surface area contributed by atoms with E-state index in [1.807, 2.05) is 25.1 Å². The first-order chi connectivity index (χ1) is 16.9. The minimum Gasteiger partial charge on any atom is -0.494 e. The zero-order chi connectivity index (χ0) is 25.0.